The summed E-state index contributed by atoms with van der Waals surface area (Å²) in [6, 6.07) is 4.49. The van der Waals surface area contributed by atoms with Gasteiger partial charge in [-0.2, -0.15) is 0 Å². The number of thioether (sulfide) groups is 1. The van der Waals surface area contributed by atoms with E-state index in [1.54, 1.807) is 19.1 Å². The fourth-order valence-corrected chi connectivity index (χ4v) is 3.53. The zero-order valence-electron chi connectivity index (χ0n) is 13.6. The molecule has 0 aliphatic heterocycles. The highest BCUT2D eigenvalue weighted by molar-refractivity contribution is 8.00. The van der Waals surface area contributed by atoms with Gasteiger partial charge < -0.3 is 9.73 Å². The lowest BCUT2D eigenvalue weighted by atomic mass is 10.3. The molecule has 24 heavy (non-hydrogen) atoms. The summed E-state index contributed by atoms with van der Waals surface area (Å²) < 4.78 is 31.0. The first-order chi connectivity index (χ1) is 11.3. The van der Waals surface area contributed by atoms with Crippen LogP contribution in [0.15, 0.2) is 45.4 Å². The standard InChI is InChI=1S/C15H19N3O4S2/c1-5-8-16-14(19)10(2)23-15-17-12-9-11(6-7-13(12)22-15)24(20,21)18(3)4/h5-7,9-10H,1,8H2,2-4H3,(H,16,19)/t10-/m1/s1. The van der Waals surface area contributed by atoms with Crippen LogP contribution in [0.4, 0.5) is 0 Å². The monoisotopic (exact) mass is 369 g/mol. The summed E-state index contributed by atoms with van der Waals surface area (Å²) in [5.41, 5.74) is 0.896. The highest BCUT2D eigenvalue weighted by Gasteiger charge is 2.20. The number of carbonyl (C=O) groups is 1. The lowest BCUT2D eigenvalue weighted by Gasteiger charge is -2.10. The van der Waals surface area contributed by atoms with Gasteiger partial charge in [-0.05, 0) is 25.1 Å². The molecule has 0 saturated carbocycles. The van der Waals surface area contributed by atoms with Crippen LogP contribution in [0.1, 0.15) is 6.92 Å². The molecule has 0 aliphatic carbocycles. The number of fused-ring (bicyclic) bond motifs is 1. The minimum absolute atomic E-state index is 0.140. The summed E-state index contributed by atoms with van der Waals surface area (Å²) in [4.78, 5) is 16.3. The number of carbonyl (C=O) groups excluding carboxylic acids is 1. The van der Waals surface area contributed by atoms with E-state index in [0.717, 1.165) is 16.1 Å². The SMILES string of the molecule is C=CCNC(=O)[C@@H](C)Sc1nc2cc(S(=O)(=O)N(C)C)ccc2o1. The van der Waals surface area contributed by atoms with Crippen molar-refractivity contribution in [3.63, 3.8) is 0 Å². The summed E-state index contributed by atoms with van der Waals surface area (Å²) in [5, 5.41) is 2.61. The van der Waals surface area contributed by atoms with E-state index in [-0.39, 0.29) is 10.8 Å². The Morgan fingerprint density at radius 1 is 1.50 bits per heavy atom. The number of aromatic nitrogens is 1. The minimum Gasteiger partial charge on any atom is -0.431 e. The molecule has 2 rings (SSSR count). The van der Waals surface area contributed by atoms with E-state index in [0.29, 0.717) is 22.9 Å². The predicted molar refractivity (Wildman–Crippen MR) is 93.4 cm³/mol. The van der Waals surface area contributed by atoms with Crippen molar-refractivity contribution in [2.45, 2.75) is 22.3 Å². The van der Waals surface area contributed by atoms with Crippen molar-refractivity contribution in [3.8, 4) is 0 Å². The molecule has 7 nitrogen and oxygen atoms in total. The minimum atomic E-state index is -3.53. The van der Waals surface area contributed by atoms with Gasteiger partial charge in [0.1, 0.15) is 5.52 Å². The molecule has 0 spiro atoms. The number of hydrogen-bond donors (Lipinski definition) is 1. The van der Waals surface area contributed by atoms with E-state index in [4.69, 9.17) is 4.42 Å². The van der Waals surface area contributed by atoms with Gasteiger partial charge in [-0.15, -0.1) is 6.58 Å². The molecule has 1 aromatic heterocycles. The van der Waals surface area contributed by atoms with Crippen LogP contribution in [0.25, 0.3) is 11.1 Å². The van der Waals surface area contributed by atoms with Gasteiger partial charge in [0.2, 0.25) is 15.9 Å². The molecule has 2 aromatic rings. The van der Waals surface area contributed by atoms with Crippen molar-refractivity contribution in [2.24, 2.45) is 0 Å². The Kier molecular flexibility index (Phi) is 5.68. The molecule has 9 heteroatoms. The van der Waals surface area contributed by atoms with Crippen molar-refractivity contribution < 1.29 is 17.6 Å². The van der Waals surface area contributed by atoms with E-state index in [9.17, 15) is 13.2 Å². The number of nitrogens with zero attached hydrogens (tertiary/aromatic N) is 2. The van der Waals surface area contributed by atoms with Crippen LogP contribution < -0.4 is 5.32 Å². The van der Waals surface area contributed by atoms with Crippen molar-refractivity contribution in [1.29, 1.82) is 0 Å². The molecule has 0 bridgehead atoms. The first-order valence-corrected chi connectivity index (χ1v) is 9.46. The van der Waals surface area contributed by atoms with Crippen LogP contribution in [0.2, 0.25) is 0 Å². The summed E-state index contributed by atoms with van der Waals surface area (Å²) in [6.07, 6.45) is 1.60. The second-order valence-electron chi connectivity index (χ2n) is 5.19. The maximum Gasteiger partial charge on any atom is 0.257 e. The van der Waals surface area contributed by atoms with Gasteiger partial charge in [0, 0.05) is 20.6 Å². The maximum atomic E-state index is 12.2. The number of nitrogens with one attached hydrogen (secondary N) is 1. The van der Waals surface area contributed by atoms with Crippen LogP contribution in [0.3, 0.4) is 0 Å². The first kappa shape index (κ1) is 18.5. The predicted octanol–water partition coefficient (Wildman–Crippen LogP) is 1.86. The largest absolute Gasteiger partial charge is 0.431 e. The zero-order valence-corrected chi connectivity index (χ0v) is 15.3. The average molecular weight is 369 g/mol. The topological polar surface area (TPSA) is 92.5 Å². The lowest BCUT2D eigenvalue weighted by molar-refractivity contribution is -0.120. The zero-order chi connectivity index (χ0) is 17.9. The Morgan fingerprint density at radius 2 is 2.21 bits per heavy atom. The third kappa shape index (κ3) is 3.97. The number of rotatable bonds is 7. The molecule has 1 N–H and O–H groups in total. The molecule has 0 unspecified atom stereocenters. The van der Waals surface area contributed by atoms with E-state index in [1.165, 1.54) is 26.2 Å². The highest BCUT2D eigenvalue weighted by Crippen LogP contribution is 2.28. The van der Waals surface area contributed by atoms with Crippen LogP contribution >= 0.6 is 11.8 Å². The van der Waals surface area contributed by atoms with E-state index in [1.807, 2.05) is 0 Å². The number of amides is 1. The molecule has 0 fully saturated rings. The molecule has 0 saturated heterocycles. The Balaban J connectivity index is 2.23. The Morgan fingerprint density at radius 3 is 2.83 bits per heavy atom. The molecule has 1 heterocycles. The molecular weight excluding hydrogens is 350 g/mol. The van der Waals surface area contributed by atoms with Gasteiger partial charge in [0.05, 0.1) is 10.1 Å². The molecule has 130 valence electrons. The highest BCUT2D eigenvalue weighted by atomic mass is 32.2. The van der Waals surface area contributed by atoms with Crippen molar-refractivity contribution in [1.82, 2.24) is 14.6 Å². The van der Waals surface area contributed by atoms with Crippen LogP contribution in [0, 0.1) is 0 Å². The number of sulfonamides is 1. The van der Waals surface area contributed by atoms with Crippen LogP contribution in [0.5, 0.6) is 0 Å². The summed E-state index contributed by atoms with van der Waals surface area (Å²) in [5.74, 6) is -0.155. The van der Waals surface area contributed by atoms with Gasteiger partial charge in [0.25, 0.3) is 5.22 Å². The summed E-state index contributed by atoms with van der Waals surface area (Å²) in [7, 11) is -0.604. The molecule has 0 radical (unpaired) electrons. The quantitative estimate of drug-likeness (QED) is 0.592. The normalized spacial score (nSPS) is 13.2. The summed E-state index contributed by atoms with van der Waals surface area (Å²) >= 11 is 1.16. The van der Waals surface area contributed by atoms with Crippen molar-refractivity contribution in [2.75, 3.05) is 20.6 Å². The first-order valence-electron chi connectivity index (χ1n) is 7.14. The molecule has 1 atom stereocenters. The maximum absolute atomic E-state index is 12.2. The van der Waals surface area contributed by atoms with Crippen LogP contribution in [-0.2, 0) is 14.8 Å². The third-order valence-corrected chi connectivity index (χ3v) is 5.94. The summed E-state index contributed by atoms with van der Waals surface area (Å²) in [6.45, 7) is 5.67. The second kappa shape index (κ2) is 7.37. The van der Waals surface area contributed by atoms with Gasteiger partial charge in [-0.25, -0.2) is 17.7 Å². The van der Waals surface area contributed by atoms with Gasteiger partial charge in [-0.1, -0.05) is 17.8 Å². The fourth-order valence-electron chi connectivity index (χ4n) is 1.83. The average Bonchev–Trinajstić information content (AvgIpc) is 2.93. The van der Waals surface area contributed by atoms with Gasteiger partial charge in [-0.3, -0.25) is 4.79 Å². The van der Waals surface area contributed by atoms with E-state index >= 15 is 0 Å². The smallest absolute Gasteiger partial charge is 0.257 e. The van der Waals surface area contributed by atoms with Gasteiger partial charge >= 0.3 is 0 Å². The Labute approximate surface area is 145 Å². The van der Waals surface area contributed by atoms with Crippen molar-refractivity contribution >= 4 is 38.8 Å². The number of hydrogen-bond acceptors (Lipinski definition) is 6. The fraction of sp³-hybridized carbons (Fsp3) is 0.333. The van der Waals surface area contributed by atoms with Gasteiger partial charge in [0.15, 0.2) is 5.58 Å². The third-order valence-electron chi connectivity index (χ3n) is 3.19. The molecule has 1 aromatic carbocycles. The van der Waals surface area contributed by atoms with E-state index in [2.05, 4.69) is 16.9 Å². The van der Waals surface area contributed by atoms with Crippen LogP contribution in [-0.4, -0.2) is 49.5 Å². The van der Waals surface area contributed by atoms with E-state index < -0.39 is 15.3 Å². The van der Waals surface area contributed by atoms with Crippen molar-refractivity contribution in [3.05, 3.63) is 30.9 Å². The number of oxazole rings is 1. The number of benzene rings is 1. The Hall–Kier alpha value is -1.84. The molecule has 1 amide bonds. The molecular formula is C15H19N3O4S2. The lowest BCUT2D eigenvalue weighted by Crippen LogP contribution is -2.30. The Bertz CT molecular complexity index is 859. The molecule has 0 aliphatic rings. The second-order valence-corrected chi connectivity index (χ2v) is 8.63.